The lowest BCUT2D eigenvalue weighted by Gasteiger charge is -2.16. The molecule has 1 amide bonds. The lowest BCUT2D eigenvalue weighted by Crippen LogP contribution is -2.35. The second-order valence-electron chi connectivity index (χ2n) is 4.18. The van der Waals surface area contributed by atoms with Crippen molar-refractivity contribution in [2.45, 2.75) is 13.5 Å². The van der Waals surface area contributed by atoms with Crippen LogP contribution in [0.15, 0.2) is 30.3 Å². The van der Waals surface area contributed by atoms with Crippen molar-refractivity contribution in [3.8, 4) is 0 Å². The van der Waals surface area contributed by atoms with Crippen molar-refractivity contribution in [3.63, 3.8) is 0 Å². The smallest absolute Gasteiger partial charge is 0.325 e. The molecule has 0 aliphatic rings. The predicted octanol–water partition coefficient (Wildman–Crippen LogP) is 0.751. The van der Waals surface area contributed by atoms with Gasteiger partial charge in [0.05, 0.1) is 0 Å². The highest BCUT2D eigenvalue weighted by molar-refractivity contribution is 5.83. The molecule has 6 heteroatoms. The fourth-order valence-electron chi connectivity index (χ4n) is 1.34. The molecule has 0 saturated heterocycles. The number of hydrogen-bond donors (Lipinski definition) is 0. The van der Waals surface area contributed by atoms with Gasteiger partial charge in [0.15, 0.2) is 6.61 Å². The van der Waals surface area contributed by atoms with Crippen molar-refractivity contribution >= 4 is 17.8 Å². The first kappa shape index (κ1) is 15.7. The van der Waals surface area contributed by atoms with E-state index >= 15 is 0 Å². The van der Waals surface area contributed by atoms with Crippen LogP contribution >= 0.6 is 0 Å². The largest absolute Gasteiger partial charge is 0.459 e. The zero-order valence-corrected chi connectivity index (χ0v) is 11.5. The summed E-state index contributed by atoms with van der Waals surface area (Å²) in [6.45, 7) is 0.803. The average Bonchev–Trinajstić information content (AvgIpc) is 2.43. The summed E-state index contributed by atoms with van der Waals surface area (Å²) < 4.78 is 9.59. The van der Waals surface area contributed by atoms with Gasteiger partial charge in [-0.2, -0.15) is 0 Å². The topological polar surface area (TPSA) is 72.9 Å². The maximum Gasteiger partial charge on any atom is 0.325 e. The molecule has 20 heavy (non-hydrogen) atoms. The van der Waals surface area contributed by atoms with E-state index in [0.717, 1.165) is 10.5 Å². The Bertz CT molecular complexity index is 472. The summed E-state index contributed by atoms with van der Waals surface area (Å²) in [5.74, 6) is -1.53. The summed E-state index contributed by atoms with van der Waals surface area (Å²) in [7, 11) is 1.44. The molecule has 0 fully saturated rings. The predicted molar refractivity (Wildman–Crippen MR) is 70.5 cm³/mol. The molecular formula is C14H17NO5. The van der Waals surface area contributed by atoms with Crippen LogP contribution in [-0.4, -0.2) is 42.9 Å². The maximum atomic E-state index is 11.5. The molecule has 0 N–H and O–H groups in total. The molecule has 0 aliphatic carbocycles. The zero-order chi connectivity index (χ0) is 15.0. The van der Waals surface area contributed by atoms with Crippen LogP contribution in [0.5, 0.6) is 0 Å². The first-order valence-corrected chi connectivity index (χ1v) is 6.06. The van der Waals surface area contributed by atoms with Crippen molar-refractivity contribution in [1.82, 2.24) is 4.90 Å². The van der Waals surface area contributed by atoms with E-state index in [4.69, 9.17) is 4.74 Å². The van der Waals surface area contributed by atoms with E-state index in [-0.39, 0.29) is 19.8 Å². The number of hydrogen-bond acceptors (Lipinski definition) is 5. The fraction of sp³-hybridized carbons (Fsp3) is 0.357. The third-order valence-electron chi connectivity index (χ3n) is 2.43. The molecule has 0 radical (unpaired) electrons. The van der Waals surface area contributed by atoms with Crippen LogP contribution < -0.4 is 0 Å². The minimum atomic E-state index is -0.543. The van der Waals surface area contributed by atoms with Gasteiger partial charge < -0.3 is 14.4 Å². The Labute approximate surface area is 117 Å². The second-order valence-corrected chi connectivity index (χ2v) is 4.18. The molecule has 0 atom stereocenters. The van der Waals surface area contributed by atoms with Gasteiger partial charge in [0.25, 0.3) is 5.91 Å². The number of esters is 2. The van der Waals surface area contributed by atoms with E-state index < -0.39 is 17.8 Å². The van der Waals surface area contributed by atoms with E-state index in [0.29, 0.717) is 0 Å². The molecule has 0 aromatic heterocycles. The third kappa shape index (κ3) is 5.99. The maximum absolute atomic E-state index is 11.5. The molecule has 6 nitrogen and oxygen atoms in total. The number of benzene rings is 1. The SMILES string of the molecule is CC(=O)OCC(=O)N(C)CC(=O)OCc1ccccc1. The number of rotatable bonds is 6. The van der Waals surface area contributed by atoms with Crippen LogP contribution in [-0.2, 0) is 30.5 Å². The van der Waals surface area contributed by atoms with Gasteiger partial charge in [-0.1, -0.05) is 30.3 Å². The molecule has 1 aromatic carbocycles. The van der Waals surface area contributed by atoms with Crippen LogP contribution in [0.4, 0.5) is 0 Å². The van der Waals surface area contributed by atoms with E-state index in [1.54, 1.807) is 0 Å². The molecule has 1 aromatic rings. The molecule has 0 bridgehead atoms. The third-order valence-corrected chi connectivity index (χ3v) is 2.43. The molecular weight excluding hydrogens is 262 g/mol. The second kappa shape index (κ2) is 7.93. The lowest BCUT2D eigenvalue weighted by molar-refractivity contribution is -0.153. The quantitative estimate of drug-likeness (QED) is 0.718. The van der Waals surface area contributed by atoms with Gasteiger partial charge in [0, 0.05) is 14.0 Å². The molecule has 108 valence electrons. The normalized spacial score (nSPS) is 9.70. The molecule has 1 rings (SSSR count). The number of nitrogens with zero attached hydrogens (tertiary/aromatic N) is 1. The summed E-state index contributed by atoms with van der Waals surface area (Å²) in [4.78, 5) is 34.8. The van der Waals surface area contributed by atoms with Crippen LogP contribution in [0.2, 0.25) is 0 Å². The highest BCUT2D eigenvalue weighted by Crippen LogP contribution is 2.01. The molecule has 0 saturated carbocycles. The van der Waals surface area contributed by atoms with Gasteiger partial charge in [0.1, 0.15) is 13.2 Å². The van der Waals surface area contributed by atoms with Gasteiger partial charge in [0.2, 0.25) is 0 Å². The Morgan fingerprint density at radius 1 is 1.10 bits per heavy atom. The number of carbonyl (C=O) groups is 3. The lowest BCUT2D eigenvalue weighted by atomic mass is 10.2. The minimum Gasteiger partial charge on any atom is -0.459 e. The first-order chi connectivity index (χ1) is 9.49. The Morgan fingerprint density at radius 2 is 1.75 bits per heavy atom. The summed E-state index contributed by atoms with van der Waals surface area (Å²) >= 11 is 0. The molecule has 0 aliphatic heterocycles. The van der Waals surface area contributed by atoms with Crippen molar-refractivity contribution < 1.29 is 23.9 Å². The van der Waals surface area contributed by atoms with Gasteiger partial charge in [-0.15, -0.1) is 0 Å². The van der Waals surface area contributed by atoms with Crippen LogP contribution in [0.25, 0.3) is 0 Å². The monoisotopic (exact) mass is 279 g/mol. The first-order valence-electron chi connectivity index (χ1n) is 6.06. The van der Waals surface area contributed by atoms with E-state index in [1.807, 2.05) is 30.3 Å². The average molecular weight is 279 g/mol. The van der Waals surface area contributed by atoms with Crippen molar-refractivity contribution in [2.24, 2.45) is 0 Å². The van der Waals surface area contributed by atoms with E-state index in [9.17, 15) is 14.4 Å². The number of carbonyl (C=O) groups excluding carboxylic acids is 3. The molecule has 0 spiro atoms. The number of amides is 1. The Balaban J connectivity index is 2.30. The standard InChI is InChI=1S/C14H17NO5/c1-11(16)19-10-13(17)15(2)8-14(18)20-9-12-6-4-3-5-7-12/h3-7H,8-10H2,1-2H3. The van der Waals surface area contributed by atoms with Gasteiger partial charge in [-0.05, 0) is 5.56 Å². The summed E-state index contributed by atoms with van der Waals surface area (Å²) in [5.41, 5.74) is 0.870. The Hall–Kier alpha value is -2.37. The highest BCUT2D eigenvalue weighted by atomic mass is 16.5. The zero-order valence-electron chi connectivity index (χ0n) is 11.5. The number of likely N-dealkylation sites (N-methyl/N-ethyl adjacent to an activating group) is 1. The Morgan fingerprint density at radius 3 is 2.35 bits per heavy atom. The number of ether oxygens (including phenoxy) is 2. The molecule has 0 heterocycles. The Kier molecular flexibility index (Phi) is 6.22. The van der Waals surface area contributed by atoms with Crippen LogP contribution in [0.3, 0.4) is 0 Å². The van der Waals surface area contributed by atoms with Crippen molar-refractivity contribution in [2.75, 3.05) is 20.2 Å². The summed E-state index contributed by atoms with van der Waals surface area (Å²) in [6, 6.07) is 9.23. The van der Waals surface area contributed by atoms with Gasteiger partial charge in [-0.25, -0.2) is 0 Å². The van der Waals surface area contributed by atoms with Gasteiger partial charge >= 0.3 is 11.9 Å². The fourth-order valence-corrected chi connectivity index (χ4v) is 1.34. The summed E-state index contributed by atoms with van der Waals surface area (Å²) in [5, 5.41) is 0. The minimum absolute atomic E-state index is 0.158. The van der Waals surface area contributed by atoms with E-state index in [1.165, 1.54) is 14.0 Å². The molecule has 0 unspecified atom stereocenters. The van der Waals surface area contributed by atoms with Gasteiger partial charge in [-0.3, -0.25) is 14.4 Å². The van der Waals surface area contributed by atoms with Crippen LogP contribution in [0.1, 0.15) is 12.5 Å². The van der Waals surface area contributed by atoms with Crippen molar-refractivity contribution in [3.05, 3.63) is 35.9 Å². The van der Waals surface area contributed by atoms with E-state index in [2.05, 4.69) is 4.74 Å². The van der Waals surface area contributed by atoms with Crippen molar-refractivity contribution in [1.29, 1.82) is 0 Å². The highest BCUT2D eigenvalue weighted by Gasteiger charge is 2.14. The summed E-state index contributed by atoms with van der Waals surface area (Å²) in [6.07, 6.45) is 0. The van der Waals surface area contributed by atoms with Crippen LogP contribution in [0, 0.1) is 0 Å².